The summed E-state index contributed by atoms with van der Waals surface area (Å²) < 4.78 is 0. The number of rotatable bonds is 8. The minimum Gasteiger partial charge on any atom is -0.356 e. The van der Waals surface area contributed by atoms with Gasteiger partial charge in [0, 0.05) is 41.0 Å². The third-order valence-electron chi connectivity index (χ3n) is 3.50. The number of guanidine groups is 1. The molecule has 0 aliphatic rings. The Hall–Kier alpha value is -1.99. The number of thioether (sulfide) groups is 1. The monoisotopic (exact) mass is 390 g/mol. The first-order valence-corrected chi connectivity index (χ1v) is 10.3. The van der Waals surface area contributed by atoms with Crippen LogP contribution in [0.4, 0.5) is 0 Å². The van der Waals surface area contributed by atoms with Crippen molar-refractivity contribution in [1.82, 2.24) is 15.5 Å². The summed E-state index contributed by atoms with van der Waals surface area (Å²) in [4.78, 5) is 21.5. The summed E-state index contributed by atoms with van der Waals surface area (Å²) in [6.07, 6.45) is 0. The summed E-state index contributed by atoms with van der Waals surface area (Å²) in [6.45, 7) is 3.70. The fourth-order valence-electron chi connectivity index (χ4n) is 2.07. The molecule has 26 heavy (non-hydrogen) atoms. The van der Waals surface area contributed by atoms with Crippen molar-refractivity contribution in [3.8, 4) is 0 Å². The van der Waals surface area contributed by atoms with Gasteiger partial charge in [-0.3, -0.25) is 4.79 Å². The highest BCUT2D eigenvalue weighted by molar-refractivity contribution is 7.99. The van der Waals surface area contributed by atoms with Gasteiger partial charge in [-0.15, -0.1) is 23.1 Å². The molecule has 0 atom stereocenters. The zero-order valence-corrected chi connectivity index (χ0v) is 17.1. The van der Waals surface area contributed by atoms with Crippen molar-refractivity contribution < 1.29 is 4.79 Å². The molecule has 7 heteroatoms. The van der Waals surface area contributed by atoms with E-state index >= 15 is 0 Å². The number of carbonyl (C=O) groups excluding carboxylic acids is 1. The Morgan fingerprint density at radius 1 is 1.15 bits per heavy atom. The summed E-state index contributed by atoms with van der Waals surface area (Å²) in [5, 5.41) is 6.62. The molecular formula is C19H26N4OS2. The number of carbonyl (C=O) groups is 1. The molecule has 2 aromatic rings. The first-order chi connectivity index (χ1) is 12.5. The molecule has 2 N–H and O–H groups in total. The lowest BCUT2D eigenvalue weighted by molar-refractivity contribution is -0.127. The van der Waals surface area contributed by atoms with Gasteiger partial charge in [0.25, 0.3) is 0 Å². The average Bonchev–Trinajstić information content (AvgIpc) is 3.06. The smallest absolute Gasteiger partial charge is 0.243 e. The molecular weight excluding hydrogens is 364 g/mol. The van der Waals surface area contributed by atoms with Gasteiger partial charge in [0.15, 0.2) is 5.96 Å². The highest BCUT2D eigenvalue weighted by Crippen LogP contribution is 2.16. The quantitative estimate of drug-likeness (QED) is 0.315. The van der Waals surface area contributed by atoms with Gasteiger partial charge in [-0.2, -0.15) is 0 Å². The average molecular weight is 391 g/mol. The Labute approximate surface area is 163 Å². The number of nitrogens with one attached hydrogen (secondary N) is 2. The van der Waals surface area contributed by atoms with Gasteiger partial charge in [-0.25, -0.2) is 4.99 Å². The Morgan fingerprint density at radius 3 is 2.58 bits per heavy atom. The van der Waals surface area contributed by atoms with Crippen LogP contribution in [0, 0.1) is 6.92 Å². The zero-order chi connectivity index (χ0) is 18.8. The van der Waals surface area contributed by atoms with E-state index in [2.05, 4.69) is 46.8 Å². The Balaban J connectivity index is 1.84. The number of hydrogen-bond acceptors (Lipinski definition) is 4. The predicted molar refractivity (Wildman–Crippen MR) is 112 cm³/mol. The molecule has 0 unspecified atom stereocenters. The van der Waals surface area contributed by atoms with E-state index in [1.807, 2.05) is 18.2 Å². The summed E-state index contributed by atoms with van der Waals surface area (Å²) in [7, 11) is 3.48. The van der Waals surface area contributed by atoms with Gasteiger partial charge in [0.1, 0.15) is 6.54 Å². The van der Waals surface area contributed by atoms with Crippen molar-refractivity contribution >= 4 is 35.0 Å². The maximum Gasteiger partial charge on any atom is 0.243 e. The molecule has 140 valence electrons. The number of aliphatic imine (C=N–C) groups is 1. The summed E-state index contributed by atoms with van der Waals surface area (Å²) in [5.74, 6) is 1.57. The van der Waals surface area contributed by atoms with Crippen molar-refractivity contribution in [2.45, 2.75) is 18.4 Å². The summed E-state index contributed by atoms with van der Waals surface area (Å²) in [5.41, 5.74) is 0. The maximum absolute atomic E-state index is 11.8. The van der Waals surface area contributed by atoms with Gasteiger partial charge in [0.2, 0.25) is 5.91 Å². The standard InChI is InChI=1S/C19H26N4OS2/c1-15-9-10-17(26-15)13-21-19(22-14-18(24)23(2)3)20-11-12-25-16-7-5-4-6-8-16/h4-10H,11-14H2,1-3H3,(H2,20,21,22). The Kier molecular flexibility index (Phi) is 8.50. The molecule has 0 aliphatic heterocycles. The molecule has 0 fully saturated rings. The minimum atomic E-state index is -0.0169. The number of benzene rings is 1. The SMILES string of the molecule is Cc1ccc(CNC(=NCC(=O)N(C)C)NCCSc2ccccc2)s1. The van der Waals surface area contributed by atoms with Gasteiger partial charge in [-0.1, -0.05) is 18.2 Å². The van der Waals surface area contributed by atoms with Crippen LogP contribution in [-0.4, -0.2) is 49.7 Å². The van der Waals surface area contributed by atoms with E-state index < -0.39 is 0 Å². The van der Waals surface area contributed by atoms with Crippen LogP contribution in [0.25, 0.3) is 0 Å². The van der Waals surface area contributed by atoms with Crippen LogP contribution < -0.4 is 10.6 Å². The molecule has 0 saturated heterocycles. The van der Waals surface area contributed by atoms with Gasteiger partial charge in [-0.05, 0) is 31.2 Å². The lowest BCUT2D eigenvalue weighted by atomic mass is 10.4. The van der Waals surface area contributed by atoms with E-state index in [0.717, 1.165) is 12.3 Å². The molecule has 0 aliphatic carbocycles. The zero-order valence-electron chi connectivity index (χ0n) is 15.5. The third-order valence-corrected chi connectivity index (χ3v) is 5.52. The van der Waals surface area contributed by atoms with Crippen molar-refractivity contribution in [3.05, 3.63) is 52.2 Å². The molecule has 0 saturated carbocycles. The minimum absolute atomic E-state index is 0.0169. The van der Waals surface area contributed by atoms with Crippen LogP contribution in [0.5, 0.6) is 0 Å². The molecule has 1 aromatic heterocycles. The number of thiophene rings is 1. The van der Waals surface area contributed by atoms with Gasteiger partial charge in [0.05, 0.1) is 6.54 Å². The van der Waals surface area contributed by atoms with E-state index in [1.165, 1.54) is 14.6 Å². The molecule has 5 nitrogen and oxygen atoms in total. The van der Waals surface area contributed by atoms with Gasteiger partial charge >= 0.3 is 0 Å². The van der Waals surface area contributed by atoms with E-state index in [4.69, 9.17) is 0 Å². The van der Waals surface area contributed by atoms with Gasteiger partial charge < -0.3 is 15.5 Å². The number of amides is 1. The predicted octanol–water partition coefficient (Wildman–Crippen LogP) is 2.97. The number of hydrogen-bond donors (Lipinski definition) is 2. The highest BCUT2D eigenvalue weighted by atomic mass is 32.2. The first-order valence-electron chi connectivity index (χ1n) is 8.50. The highest BCUT2D eigenvalue weighted by Gasteiger charge is 2.05. The van der Waals surface area contributed by atoms with Crippen molar-refractivity contribution in [2.24, 2.45) is 4.99 Å². The van der Waals surface area contributed by atoms with Crippen LogP contribution in [0.3, 0.4) is 0 Å². The topological polar surface area (TPSA) is 56.7 Å². The van der Waals surface area contributed by atoms with E-state index in [0.29, 0.717) is 12.5 Å². The van der Waals surface area contributed by atoms with Crippen LogP contribution in [0.1, 0.15) is 9.75 Å². The molecule has 1 amide bonds. The number of nitrogens with zero attached hydrogens (tertiary/aromatic N) is 2. The van der Waals surface area contributed by atoms with Crippen molar-refractivity contribution in [1.29, 1.82) is 0 Å². The Bertz CT molecular complexity index is 713. The lowest BCUT2D eigenvalue weighted by Gasteiger charge is -2.13. The molecule has 2 rings (SSSR count). The molecule has 0 spiro atoms. The fourth-order valence-corrected chi connectivity index (χ4v) is 3.69. The van der Waals surface area contributed by atoms with E-state index in [9.17, 15) is 4.79 Å². The lowest BCUT2D eigenvalue weighted by Crippen LogP contribution is -2.39. The second-order valence-electron chi connectivity index (χ2n) is 5.91. The van der Waals surface area contributed by atoms with E-state index in [-0.39, 0.29) is 12.5 Å². The summed E-state index contributed by atoms with van der Waals surface area (Å²) >= 11 is 3.55. The second-order valence-corrected chi connectivity index (χ2v) is 8.45. The van der Waals surface area contributed by atoms with Crippen LogP contribution in [0.2, 0.25) is 0 Å². The van der Waals surface area contributed by atoms with Crippen LogP contribution in [0.15, 0.2) is 52.4 Å². The van der Waals surface area contributed by atoms with Crippen LogP contribution >= 0.6 is 23.1 Å². The molecule has 0 bridgehead atoms. The first kappa shape index (κ1) is 20.3. The fraction of sp³-hybridized carbons (Fsp3) is 0.368. The molecule has 1 heterocycles. The number of aryl methyl sites for hydroxylation is 1. The Morgan fingerprint density at radius 2 is 1.92 bits per heavy atom. The largest absolute Gasteiger partial charge is 0.356 e. The van der Waals surface area contributed by atoms with E-state index in [1.54, 1.807) is 42.1 Å². The van der Waals surface area contributed by atoms with Crippen molar-refractivity contribution in [3.63, 3.8) is 0 Å². The molecule has 0 radical (unpaired) electrons. The molecule has 1 aromatic carbocycles. The van der Waals surface area contributed by atoms with Crippen LogP contribution in [-0.2, 0) is 11.3 Å². The normalized spacial score (nSPS) is 11.3. The maximum atomic E-state index is 11.8. The third kappa shape index (κ3) is 7.49. The number of likely N-dealkylation sites (N-methyl/N-ethyl adjacent to an activating group) is 1. The van der Waals surface area contributed by atoms with Crippen molar-refractivity contribution in [2.75, 3.05) is 32.9 Å². The summed E-state index contributed by atoms with van der Waals surface area (Å²) in [6, 6.07) is 14.5. The second kappa shape index (κ2) is 10.9.